The fraction of sp³-hybridized carbons (Fsp3) is 0.250. The monoisotopic (exact) mass is 252 g/mol. The number of hydrogen-bond acceptors (Lipinski definition) is 2. The summed E-state index contributed by atoms with van der Waals surface area (Å²) in [7, 11) is 1.50. The fourth-order valence-electron chi connectivity index (χ4n) is 0.800. The predicted octanol–water partition coefficient (Wildman–Crippen LogP) is 3.06. The van der Waals surface area contributed by atoms with E-state index in [0.717, 1.165) is 0 Å². The van der Waals surface area contributed by atoms with Crippen molar-refractivity contribution in [1.29, 1.82) is 0 Å². The van der Waals surface area contributed by atoms with Crippen molar-refractivity contribution in [3.8, 4) is 11.5 Å². The Hall–Kier alpha value is -0.840. The van der Waals surface area contributed by atoms with Crippen molar-refractivity contribution in [2.24, 2.45) is 0 Å². The Morgan fingerprint density at radius 2 is 2.08 bits per heavy atom. The van der Waals surface area contributed by atoms with E-state index in [1.54, 1.807) is 12.1 Å². The lowest BCUT2D eigenvalue weighted by molar-refractivity contribution is -0.0503. The first-order chi connectivity index (χ1) is 6.13. The summed E-state index contributed by atoms with van der Waals surface area (Å²) in [6, 6.07) is 4.51. The molecule has 0 saturated heterocycles. The molecule has 0 aliphatic carbocycles. The second-order valence-corrected chi connectivity index (χ2v) is 3.03. The minimum atomic E-state index is -2.82. The normalized spacial score (nSPS) is 10.2. The van der Waals surface area contributed by atoms with Crippen molar-refractivity contribution >= 4 is 15.9 Å². The van der Waals surface area contributed by atoms with Crippen LogP contribution in [-0.4, -0.2) is 13.7 Å². The molecular formula is C8H7BrF2O2. The van der Waals surface area contributed by atoms with Crippen LogP contribution in [0.4, 0.5) is 8.78 Å². The minimum absolute atomic E-state index is 0.0933. The van der Waals surface area contributed by atoms with Crippen LogP contribution in [0.5, 0.6) is 11.5 Å². The van der Waals surface area contributed by atoms with Gasteiger partial charge in [0.05, 0.1) is 11.6 Å². The van der Waals surface area contributed by atoms with Gasteiger partial charge in [0.2, 0.25) is 0 Å². The molecule has 0 bridgehead atoms. The lowest BCUT2D eigenvalue weighted by atomic mass is 10.3. The summed E-state index contributed by atoms with van der Waals surface area (Å²) in [6.45, 7) is -2.82. The summed E-state index contributed by atoms with van der Waals surface area (Å²) < 4.78 is 33.1. The highest BCUT2D eigenvalue weighted by molar-refractivity contribution is 9.10. The molecule has 0 aliphatic rings. The molecule has 0 aliphatic heterocycles. The first kappa shape index (κ1) is 10.2. The van der Waals surface area contributed by atoms with Gasteiger partial charge in [0, 0.05) is 0 Å². The highest BCUT2D eigenvalue weighted by Crippen LogP contribution is 2.29. The number of halogens is 3. The molecule has 1 aromatic rings. The van der Waals surface area contributed by atoms with Crippen LogP contribution < -0.4 is 9.47 Å². The van der Waals surface area contributed by atoms with Crippen LogP contribution in [0.1, 0.15) is 0 Å². The summed E-state index contributed by atoms with van der Waals surface area (Å²) >= 11 is 3.08. The van der Waals surface area contributed by atoms with Crippen LogP contribution in [0.25, 0.3) is 0 Å². The number of alkyl halides is 2. The van der Waals surface area contributed by atoms with Crippen LogP contribution in [0, 0.1) is 0 Å². The quantitative estimate of drug-likeness (QED) is 0.824. The fourth-order valence-corrected chi connectivity index (χ4v) is 1.25. The van der Waals surface area contributed by atoms with Gasteiger partial charge in [0.15, 0.2) is 0 Å². The second kappa shape index (κ2) is 4.41. The molecule has 0 saturated carbocycles. The number of benzene rings is 1. The molecule has 5 heteroatoms. The first-order valence-electron chi connectivity index (χ1n) is 3.42. The van der Waals surface area contributed by atoms with Gasteiger partial charge in [-0.1, -0.05) is 0 Å². The highest BCUT2D eigenvalue weighted by atomic mass is 79.9. The molecule has 13 heavy (non-hydrogen) atoms. The summed E-state index contributed by atoms with van der Waals surface area (Å²) in [5.41, 5.74) is 0. The van der Waals surface area contributed by atoms with E-state index in [4.69, 9.17) is 4.74 Å². The molecule has 2 nitrogen and oxygen atoms in total. The molecule has 72 valence electrons. The van der Waals surface area contributed by atoms with Crippen molar-refractivity contribution < 1.29 is 18.3 Å². The smallest absolute Gasteiger partial charge is 0.387 e. The Morgan fingerprint density at radius 1 is 1.38 bits per heavy atom. The number of methoxy groups -OCH3 is 1. The van der Waals surface area contributed by atoms with Gasteiger partial charge < -0.3 is 9.47 Å². The zero-order valence-electron chi connectivity index (χ0n) is 6.76. The molecule has 0 amide bonds. The van der Waals surface area contributed by atoms with Crippen LogP contribution >= 0.6 is 15.9 Å². The summed E-state index contributed by atoms with van der Waals surface area (Å²) in [5, 5.41) is 0. The van der Waals surface area contributed by atoms with Gasteiger partial charge in [0.1, 0.15) is 11.5 Å². The second-order valence-electron chi connectivity index (χ2n) is 2.17. The summed E-state index contributed by atoms with van der Waals surface area (Å²) in [5.74, 6) is 0.671. The van der Waals surface area contributed by atoms with Gasteiger partial charge in [-0.25, -0.2) is 0 Å². The lowest BCUT2D eigenvalue weighted by Crippen LogP contribution is -2.02. The van der Waals surface area contributed by atoms with Gasteiger partial charge in [-0.3, -0.25) is 0 Å². The molecular weight excluding hydrogens is 246 g/mol. The van der Waals surface area contributed by atoms with Gasteiger partial charge in [-0.15, -0.1) is 0 Å². The minimum Gasteiger partial charge on any atom is -0.497 e. The maximum absolute atomic E-state index is 11.8. The van der Waals surface area contributed by atoms with Crippen molar-refractivity contribution in [1.82, 2.24) is 0 Å². The van der Waals surface area contributed by atoms with Gasteiger partial charge in [0.25, 0.3) is 0 Å². The van der Waals surface area contributed by atoms with E-state index in [2.05, 4.69) is 20.7 Å². The van der Waals surface area contributed by atoms with E-state index in [1.807, 2.05) is 0 Å². The maximum atomic E-state index is 11.8. The molecule has 0 radical (unpaired) electrons. The number of rotatable bonds is 3. The maximum Gasteiger partial charge on any atom is 0.387 e. The van der Waals surface area contributed by atoms with Crippen molar-refractivity contribution in [2.45, 2.75) is 6.61 Å². The zero-order chi connectivity index (χ0) is 9.84. The van der Waals surface area contributed by atoms with Gasteiger partial charge in [-0.05, 0) is 34.1 Å². The van der Waals surface area contributed by atoms with Crippen molar-refractivity contribution in [3.05, 3.63) is 22.7 Å². The number of hydrogen-bond donors (Lipinski definition) is 0. The Morgan fingerprint density at radius 3 is 2.54 bits per heavy atom. The average Bonchev–Trinajstić information content (AvgIpc) is 2.08. The molecule has 1 rings (SSSR count). The van der Waals surface area contributed by atoms with E-state index in [1.165, 1.54) is 13.2 Å². The molecule has 0 spiro atoms. The third-order valence-electron chi connectivity index (χ3n) is 1.36. The van der Waals surface area contributed by atoms with Gasteiger partial charge >= 0.3 is 6.61 Å². The standard InChI is InChI=1S/C8H7BrF2O2/c1-12-5-2-3-7(6(9)4-5)13-8(10)11/h2-4,8H,1H3. The highest BCUT2D eigenvalue weighted by Gasteiger charge is 2.08. The molecule has 1 aromatic carbocycles. The molecule has 0 atom stereocenters. The van der Waals surface area contributed by atoms with Crippen LogP contribution in [-0.2, 0) is 0 Å². The Balaban J connectivity index is 2.85. The van der Waals surface area contributed by atoms with Gasteiger partial charge in [-0.2, -0.15) is 8.78 Å². The Labute approximate surface area is 82.6 Å². The number of ether oxygens (including phenoxy) is 2. The van der Waals surface area contributed by atoms with Crippen molar-refractivity contribution in [3.63, 3.8) is 0 Å². The topological polar surface area (TPSA) is 18.5 Å². The lowest BCUT2D eigenvalue weighted by Gasteiger charge is -2.07. The third kappa shape index (κ3) is 2.84. The molecule has 0 unspecified atom stereocenters. The van der Waals surface area contributed by atoms with E-state index in [0.29, 0.717) is 10.2 Å². The molecule has 0 aromatic heterocycles. The van der Waals surface area contributed by atoms with Crippen LogP contribution in [0.15, 0.2) is 22.7 Å². The molecule has 0 heterocycles. The average molecular weight is 253 g/mol. The van der Waals surface area contributed by atoms with E-state index in [9.17, 15) is 8.78 Å². The predicted molar refractivity (Wildman–Crippen MR) is 47.3 cm³/mol. The Kier molecular flexibility index (Phi) is 3.48. The molecule has 0 N–H and O–H groups in total. The van der Waals surface area contributed by atoms with E-state index >= 15 is 0 Å². The van der Waals surface area contributed by atoms with E-state index in [-0.39, 0.29) is 5.75 Å². The van der Waals surface area contributed by atoms with Crippen LogP contribution in [0.3, 0.4) is 0 Å². The van der Waals surface area contributed by atoms with Crippen molar-refractivity contribution in [2.75, 3.05) is 7.11 Å². The third-order valence-corrected chi connectivity index (χ3v) is 1.97. The zero-order valence-corrected chi connectivity index (χ0v) is 8.35. The summed E-state index contributed by atoms with van der Waals surface area (Å²) in [4.78, 5) is 0. The SMILES string of the molecule is COc1ccc(OC(F)F)c(Br)c1. The largest absolute Gasteiger partial charge is 0.497 e. The first-order valence-corrected chi connectivity index (χ1v) is 4.21. The Bertz CT molecular complexity index is 291. The van der Waals surface area contributed by atoms with E-state index < -0.39 is 6.61 Å². The summed E-state index contributed by atoms with van der Waals surface area (Å²) in [6.07, 6.45) is 0. The molecule has 0 fully saturated rings. The van der Waals surface area contributed by atoms with Crippen LogP contribution in [0.2, 0.25) is 0 Å².